The van der Waals surface area contributed by atoms with Crippen molar-refractivity contribution < 1.29 is 19.4 Å². The van der Waals surface area contributed by atoms with Crippen LogP contribution >= 0.6 is 11.6 Å². The summed E-state index contributed by atoms with van der Waals surface area (Å²) in [4.78, 5) is 23.6. The molecule has 1 atom stereocenters. The SMILES string of the molecule is Cc1cccc(CC(=O)NCC(C(=O)O)C2CCOCC2)c1Cl. The number of carbonyl (C=O) groups excluding carboxylic acids is 1. The molecule has 0 saturated carbocycles. The Balaban J connectivity index is 1.91. The summed E-state index contributed by atoms with van der Waals surface area (Å²) < 4.78 is 5.26. The van der Waals surface area contributed by atoms with Crippen LogP contribution in [0.5, 0.6) is 0 Å². The van der Waals surface area contributed by atoms with Crippen molar-refractivity contribution in [2.75, 3.05) is 19.8 Å². The quantitative estimate of drug-likeness (QED) is 0.834. The van der Waals surface area contributed by atoms with Crippen molar-refractivity contribution >= 4 is 23.5 Å². The number of aliphatic carboxylic acids is 1. The Morgan fingerprint density at radius 3 is 2.74 bits per heavy atom. The van der Waals surface area contributed by atoms with E-state index in [0.717, 1.165) is 24.0 Å². The van der Waals surface area contributed by atoms with Gasteiger partial charge in [0.15, 0.2) is 0 Å². The van der Waals surface area contributed by atoms with Gasteiger partial charge in [-0.1, -0.05) is 29.8 Å². The molecule has 1 saturated heterocycles. The number of rotatable bonds is 6. The fourth-order valence-corrected chi connectivity index (χ4v) is 3.07. The molecule has 1 amide bonds. The number of hydrogen-bond donors (Lipinski definition) is 2. The molecule has 6 heteroatoms. The Kier molecular flexibility index (Phi) is 6.42. The molecule has 1 heterocycles. The van der Waals surface area contributed by atoms with Crippen molar-refractivity contribution in [2.24, 2.45) is 11.8 Å². The van der Waals surface area contributed by atoms with Crippen LogP contribution in [0.2, 0.25) is 5.02 Å². The van der Waals surface area contributed by atoms with Gasteiger partial charge in [-0.25, -0.2) is 0 Å². The second-order valence-electron chi connectivity index (χ2n) is 5.92. The Hall–Kier alpha value is -1.59. The molecular formula is C17H22ClNO4. The highest BCUT2D eigenvalue weighted by atomic mass is 35.5. The van der Waals surface area contributed by atoms with Crippen molar-refractivity contribution in [3.8, 4) is 0 Å². The smallest absolute Gasteiger partial charge is 0.308 e. The Bertz CT molecular complexity index is 570. The van der Waals surface area contributed by atoms with E-state index in [9.17, 15) is 14.7 Å². The third-order valence-corrected chi connectivity index (χ3v) is 4.83. The van der Waals surface area contributed by atoms with Gasteiger partial charge in [0.25, 0.3) is 0 Å². The zero-order valence-electron chi connectivity index (χ0n) is 13.2. The summed E-state index contributed by atoms with van der Waals surface area (Å²) in [6.07, 6.45) is 1.59. The molecule has 1 fully saturated rings. The topological polar surface area (TPSA) is 75.6 Å². The van der Waals surface area contributed by atoms with Crippen LogP contribution in [0.15, 0.2) is 18.2 Å². The first-order chi connectivity index (χ1) is 11.0. The van der Waals surface area contributed by atoms with E-state index in [1.165, 1.54) is 0 Å². The van der Waals surface area contributed by atoms with Crippen LogP contribution in [0.1, 0.15) is 24.0 Å². The highest BCUT2D eigenvalue weighted by Crippen LogP contribution is 2.24. The molecule has 1 aromatic carbocycles. The molecule has 2 rings (SSSR count). The maximum Gasteiger partial charge on any atom is 0.308 e. The van der Waals surface area contributed by atoms with Crippen LogP contribution in [0.4, 0.5) is 0 Å². The summed E-state index contributed by atoms with van der Waals surface area (Å²) in [6, 6.07) is 5.54. The van der Waals surface area contributed by atoms with Crippen LogP contribution in [0.3, 0.4) is 0 Å². The number of carboxylic acid groups (broad SMARTS) is 1. The number of nitrogens with one attached hydrogen (secondary N) is 1. The summed E-state index contributed by atoms with van der Waals surface area (Å²) >= 11 is 6.18. The van der Waals surface area contributed by atoms with Gasteiger partial charge in [0.1, 0.15) is 0 Å². The number of hydrogen-bond acceptors (Lipinski definition) is 3. The van der Waals surface area contributed by atoms with Crippen molar-refractivity contribution in [2.45, 2.75) is 26.2 Å². The molecule has 0 bridgehead atoms. The second kappa shape index (κ2) is 8.31. The lowest BCUT2D eigenvalue weighted by Gasteiger charge is -2.27. The molecule has 1 aromatic rings. The van der Waals surface area contributed by atoms with Gasteiger partial charge in [-0.15, -0.1) is 0 Å². The number of ether oxygens (including phenoxy) is 1. The fourth-order valence-electron chi connectivity index (χ4n) is 2.88. The fraction of sp³-hybridized carbons (Fsp3) is 0.529. The van der Waals surface area contributed by atoms with Gasteiger partial charge in [0, 0.05) is 24.8 Å². The molecule has 23 heavy (non-hydrogen) atoms. The molecule has 0 spiro atoms. The molecule has 1 aliphatic rings. The lowest BCUT2D eigenvalue weighted by Crippen LogP contribution is -2.39. The van der Waals surface area contributed by atoms with Crippen LogP contribution < -0.4 is 5.32 Å². The average Bonchev–Trinajstić information content (AvgIpc) is 2.53. The molecule has 2 N–H and O–H groups in total. The summed E-state index contributed by atoms with van der Waals surface area (Å²) in [7, 11) is 0. The van der Waals surface area contributed by atoms with E-state index in [1.54, 1.807) is 0 Å². The summed E-state index contributed by atoms with van der Waals surface area (Å²) in [5, 5.41) is 12.7. The van der Waals surface area contributed by atoms with Gasteiger partial charge in [-0.3, -0.25) is 9.59 Å². The number of carboxylic acids is 1. The monoisotopic (exact) mass is 339 g/mol. The predicted octanol–water partition coefficient (Wildman–Crippen LogP) is 2.43. The van der Waals surface area contributed by atoms with Gasteiger partial charge < -0.3 is 15.2 Å². The van der Waals surface area contributed by atoms with Gasteiger partial charge >= 0.3 is 5.97 Å². The van der Waals surface area contributed by atoms with E-state index in [0.29, 0.717) is 18.2 Å². The molecule has 1 aliphatic heterocycles. The largest absolute Gasteiger partial charge is 0.481 e. The Labute approximate surface area is 141 Å². The normalized spacial score (nSPS) is 16.8. The number of carbonyl (C=O) groups is 2. The number of amides is 1. The highest BCUT2D eigenvalue weighted by Gasteiger charge is 2.30. The summed E-state index contributed by atoms with van der Waals surface area (Å²) in [6.45, 7) is 3.19. The van der Waals surface area contributed by atoms with E-state index in [2.05, 4.69) is 5.32 Å². The molecule has 5 nitrogen and oxygen atoms in total. The van der Waals surface area contributed by atoms with Gasteiger partial charge in [0.05, 0.1) is 12.3 Å². The van der Waals surface area contributed by atoms with Crippen LogP contribution in [0, 0.1) is 18.8 Å². The zero-order valence-corrected chi connectivity index (χ0v) is 13.9. The minimum atomic E-state index is -0.870. The lowest BCUT2D eigenvalue weighted by molar-refractivity contribution is -0.144. The number of halogens is 1. The summed E-state index contributed by atoms with van der Waals surface area (Å²) in [5.41, 5.74) is 1.67. The van der Waals surface area contributed by atoms with Crippen LogP contribution in [-0.2, 0) is 20.7 Å². The van der Waals surface area contributed by atoms with Crippen LogP contribution in [0.25, 0.3) is 0 Å². The second-order valence-corrected chi connectivity index (χ2v) is 6.30. The molecule has 0 aromatic heterocycles. The van der Waals surface area contributed by atoms with Gasteiger partial charge in [-0.2, -0.15) is 0 Å². The highest BCUT2D eigenvalue weighted by molar-refractivity contribution is 6.32. The lowest BCUT2D eigenvalue weighted by atomic mass is 9.86. The first-order valence-corrected chi connectivity index (χ1v) is 8.18. The van der Waals surface area contributed by atoms with E-state index in [1.807, 2.05) is 25.1 Å². The third kappa shape index (κ3) is 4.94. The van der Waals surface area contributed by atoms with Crippen molar-refractivity contribution in [3.63, 3.8) is 0 Å². The Morgan fingerprint density at radius 1 is 1.39 bits per heavy atom. The van der Waals surface area contributed by atoms with E-state index in [-0.39, 0.29) is 24.8 Å². The minimum Gasteiger partial charge on any atom is -0.481 e. The zero-order chi connectivity index (χ0) is 16.8. The third-order valence-electron chi connectivity index (χ3n) is 4.29. The number of benzene rings is 1. The first kappa shape index (κ1) is 17.8. The molecule has 0 aliphatic carbocycles. The molecular weight excluding hydrogens is 318 g/mol. The Morgan fingerprint density at radius 2 is 2.09 bits per heavy atom. The maximum absolute atomic E-state index is 12.1. The van der Waals surface area contributed by atoms with Gasteiger partial charge in [-0.05, 0) is 36.8 Å². The molecule has 1 unspecified atom stereocenters. The first-order valence-electron chi connectivity index (χ1n) is 7.80. The van der Waals surface area contributed by atoms with E-state index >= 15 is 0 Å². The van der Waals surface area contributed by atoms with E-state index < -0.39 is 11.9 Å². The standard InChI is InChI=1S/C17H22ClNO4/c1-11-3-2-4-13(16(11)18)9-15(20)19-10-14(17(21)22)12-5-7-23-8-6-12/h2-4,12,14H,5-10H2,1H3,(H,19,20)(H,21,22). The van der Waals surface area contributed by atoms with Crippen molar-refractivity contribution in [1.29, 1.82) is 0 Å². The predicted molar refractivity (Wildman–Crippen MR) is 87.6 cm³/mol. The maximum atomic E-state index is 12.1. The minimum absolute atomic E-state index is 0.0455. The van der Waals surface area contributed by atoms with Gasteiger partial charge in [0.2, 0.25) is 5.91 Å². The van der Waals surface area contributed by atoms with E-state index in [4.69, 9.17) is 16.3 Å². The van der Waals surface area contributed by atoms with Crippen molar-refractivity contribution in [3.05, 3.63) is 34.3 Å². The summed E-state index contributed by atoms with van der Waals surface area (Å²) in [5.74, 6) is -1.61. The molecule has 126 valence electrons. The average molecular weight is 340 g/mol. The number of aryl methyl sites for hydroxylation is 1. The molecule has 0 radical (unpaired) electrons. The van der Waals surface area contributed by atoms with Crippen LogP contribution in [-0.4, -0.2) is 36.7 Å². The van der Waals surface area contributed by atoms with Crippen molar-refractivity contribution in [1.82, 2.24) is 5.32 Å².